The van der Waals surface area contributed by atoms with E-state index >= 15 is 0 Å². The van der Waals surface area contributed by atoms with E-state index in [1.165, 1.54) is 12.1 Å². The number of halogens is 1. The molecule has 0 radical (unpaired) electrons. The molecule has 8 nitrogen and oxygen atoms in total. The number of imide groups is 2. The molecule has 1 N–H and O–H groups in total. The van der Waals surface area contributed by atoms with Crippen molar-refractivity contribution in [1.29, 1.82) is 0 Å². The Bertz CT molecular complexity index is 1470. The van der Waals surface area contributed by atoms with E-state index in [9.17, 15) is 18.8 Å². The van der Waals surface area contributed by atoms with E-state index in [0.717, 1.165) is 4.90 Å². The summed E-state index contributed by atoms with van der Waals surface area (Å²) < 4.78 is 31.4. The number of ether oxygens (including phenoxy) is 3. The Labute approximate surface area is 231 Å². The molecule has 1 heterocycles. The molecule has 0 atom stereocenters. The van der Waals surface area contributed by atoms with Gasteiger partial charge < -0.3 is 14.2 Å². The number of rotatable bonds is 11. The molecule has 3 aromatic rings. The van der Waals surface area contributed by atoms with E-state index in [4.69, 9.17) is 14.2 Å². The highest BCUT2D eigenvalue weighted by atomic mass is 19.1. The number of allylic oxidation sites excluding steroid dienone is 1. The van der Waals surface area contributed by atoms with Crippen molar-refractivity contribution in [3.63, 3.8) is 0 Å². The largest absolute Gasteiger partial charge is 0.494 e. The maximum atomic E-state index is 14.2. The summed E-state index contributed by atoms with van der Waals surface area (Å²) in [6.07, 6.45) is 3.44. The van der Waals surface area contributed by atoms with Crippen molar-refractivity contribution in [1.82, 2.24) is 5.32 Å². The molecule has 0 unspecified atom stereocenters. The van der Waals surface area contributed by atoms with E-state index in [1.807, 2.05) is 6.92 Å². The monoisotopic (exact) mass is 544 g/mol. The Morgan fingerprint density at radius 1 is 0.925 bits per heavy atom. The van der Waals surface area contributed by atoms with Gasteiger partial charge in [-0.2, -0.15) is 0 Å². The van der Waals surface area contributed by atoms with Crippen LogP contribution in [0.3, 0.4) is 0 Å². The normalized spacial score (nSPS) is 14.2. The predicted octanol–water partition coefficient (Wildman–Crippen LogP) is 5.60. The van der Waals surface area contributed by atoms with Crippen LogP contribution in [0.25, 0.3) is 6.08 Å². The van der Waals surface area contributed by atoms with Gasteiger partial charge in [0.05, 0.1) is 18.9 Å². The maximum Gasteiger partial charge on any atom is 0.335 e. The van der Waals surface area contributed by atoms with E-state index in [-0.39, 0.29) is 23.7 Å². The molecule has 1 aliphatic heterocycles. The molecule has 0 aliphatic carbocycles. The number of urea groups is 1. The fraction of sp³-hybridized carbons (Fsp3) is 0.194. The minimum Gasteiger partial charge on any atom is -0.494 e. The average Bonchev–Trinajstić information content (AvgIpc) is 2.93. The van der Waals surface area contributed by atoms with Gasteiger partial charge >= 0.3 is 6.03 Å². The quantitative estimate of drug-likeness (QED) is 0.192. The zero-order valence-electron chi connectivity index (χ0n) is 22.2. The molecule has 4 rings (SSSR count). The van der Waals surface area contributed by atoms with Crippen molar-refractivity contribution in [2.75, 3.05) is 18.1 Å². The van der Waals surface area contributed by atoms with Crippen LogP contribution in [0, 0.1) is 5.82 Å². The van der Waals surface area contributed by atoms with Gasteiger partial charge in [0.2, 0.25) is 0 Å². The van der Waals surface area contributed by atoms with Crippen molar-refractivity contribution >= 4 is 29.6 Å². The second kappa shape index (κ2) is 12.8. The van der Waals surface area contributed by atoms with E-state index < -0.39 is 17.8 Å². The summed E-state index contributed by atoms with van der Waals surface area (Å²) in [5.41, 5.74) is 1.55. The molecule has 3 aromatic carbocycles. The number of barbiturate groups is 1. The van der Waals surface area contributed by atoms with Crippen molar-refractivity contribution in [3.05, 3.63) is 101 Å². The molecule has 40 heavy (non-hydrogen) atoms. The number of benzene rings is 3. The SMILES string of the molecule is C=CCc1cc(/C=C2\C(=O)NC(=O)N(c3ccc(OCC)cc3)C2=O)cc(OCC)c1OCc1ccccc1F. The highest BCUT2D eigenvalue weighted by Crippen LogP contribution is 2.36. The summed E-state index contributed by atoms with van der Waals surface area (Å²) in [5.74, 6) is -0.647. The number of hydrogen-bond donors (Lipinski definition) is 1. The highest BCUT2D eigenvalue weighted by molar-refractivity contribution is 6.39. The molecular weight excluding hydrogens is 515 g/mol. The smallest absolute Gasteiger partial charge is 0.335 e. The third-order valence-corrected chi connectivity index (χ3v) is 5.97. The standard InChI is InChI=1S/C31H29FN2O6/c1-4-9-21-16-20(18-27(39-6-3)28(21)40-19-22-10-7-8-11-26(22)32)17-25-29(35)33-31(37)34(30(25)36)23-12-14-24(15-13-23)38-5-2/h4,7-8,10-18H,1,5-6,9,19H2,2-3H3,(H,33,35,37)/b25-17+. The molecule has 1 saturated heterocycles. The van der Waals surface area contributed by atoms with Crippen LogP contribution in [0.4, 0.5) is 14.9 Å². The lowest BCUT2D eigenvalue weighted by Gasteiger charge is -2.26. The topological polar surface area (TPSA) is 94.2 Å². The number of carbonyl (C=O) groups is 3. The molecule has 0 bridgehead atoms. The van der Waals surface area contributed by atoms with E-state index in [0.29, 0.717) is 53.6 Å². The summed E-state index contributed by atoms with van der Waals surface area (Å²) in [5, 5.41) is 2.22. The Morgan fingerprint density at radius 3 is 2.33 bits per heavy atom. The number of nitrogens with one attached hydrogen (secondary N) is 1. The van der Waals surface area contributed by atoms with Crippen molar-refractivity contribution in [2.24, 2.45) is 0 Å². The number of nitrogens with zero attached hydrogens (tertiary/aromatic N) is 1. The van der Waals surface area contributed by atoms with Crippen molar-refractivity contribution in [2.45, 2.75) is 26.9 Å². The molecule has 0 aromatic heterocycles. The minimum atomic E-state index is -0.851. The molecule has 206 valence electrons. The Morgan fingerprint density at radius 2 is 1.65 bits per heavy atom. The molecule has 4 amide bonds. The lowest BCUT2D eigenvalue weighted by atomic mass is 10.0. The summed E-state index contributed by atoms with van der Waals surface area (Å²) >= 11 is 0. The fourth-order valence-corrected chi connectivity index (χ4v) is 4.18. The Hall–Kier alpha value is -4.92. The van der Waals surface area contributed by atoms with Crippen LogP contribution in [-0.2, 0) is 22.6 Å². The zero-order valence-corrected chi connectivity index (χ0v) is 22.2. The van der Waals surface area contributed by atoms with E-state index in [1.54, 1.807) is 67.6 Å². The predicted molar refractivity (Wildman–Crippen MR) is 149 cm³/mol. The summed E-state index contributed by atoms with van der Waals surface area (Å²) in [4.78, 5) is 39.6. The van der Waals surface area contributed by atoms with Gasteiger partial charge in [-0.25, -0.2) is 14.1 Å². The molecule has 0 spiro atoms. The van der Waals surface area contributed by atoms with Crippen LogP contribution < -0.4 is 24.4 Å². The lowest BCUT2D eigenvalue weighted by molar-refractivity contribution is -0.122. The van der Waals surface area contributed by atoms with Gasteiger partial charge in [-0.15, -0.1) is 6.58 Å². The Kier molecular flexibility index (Phi) is 8.96. The van der Waals surface area contributed by atoms with Crippen LogP contribution in [0.15, 0.2) is 78.9 Å². The third-order valence-electron chi connectivity index (χ3n) is 5.97. The second-order valence-electron chi connectivity index (χ2n) is 8.70. The first kappa shape index (κ1) is 28.1. The number of hydrogen-bond acceptors (Lipinski definition) is 6. The van der Waals surface area contributed by atoms with Gasteiger partial charge in [0, 0.05) is 11.1 Å². The van der Waals surface area contributed by atoms with Crippen LogP contribution in [0.1, 0.15) is 30.5 Å². The maximum absolute atomic E-state index is 14.2. The highest BCUT2D eigenvalue weighted by Gasteiger charge is 2.37. The van der Waals surface area contributed by atoms with Gasteiger partial charge in [-0.05, 0) is 74.4 Å². The number of amides is 4. The van der Waals surface area contributed by atoms with Gasteiger partial charge in [0.1, 0.15) is 23.7 Å². The first-order valence-electron chi connectivity index (χ1n) is 12.8. The third kappa shape index (κ3) is 6.20. The molecule has 9 heteroatoms. The molecule has 1 fully saturated rings. The van der Waals surface area contributed by atoms with E-state index in [2.05, 4.69) is 11.9 Å². The average molecular weight is 545 g/mol. The minimum absolute atomic E-state index is 0.0304. The fourth-order valence-electron chi connectivity index (χ4n) is 4.18. The molecule has 0 saturated carbocycles. The van der Waals surface area contributed by atoms with Gasteiger partial charge in [0.25, 0.3) is 11.8 Å². The summed E-state index contributed by atoms with van der Waals surface area (Å²) in [6.45, 7) is 8.19. The lowest BCUT2D eigenvalue weighted by Crippen LogP contribution is -2.54. The van der Waals surface area contributed by atoms with Crippen molar-refractivity contribution < 1.29 is 33.0 Å². The first-order chi connectivity index (χ1) is 19.4. The van der Waals surface area contributed by atoms with Gasteiger partial charge in [-0.3, -0.25) is 14.9 Å². The zero-order chi connectivity index (χ0) is 28.6. The van der Waals surface area contributed by atoms with Crippen LogP contribution in [-0.4, -0.2) is 31.1 Å². The van der Waals surface area contributed by atoms with Crippen LogP contribution >= 0.6 is 0 Å². The number of carbonyl (C=O) groups excluding carboxylic acids is 3. The molecule has 1 aliphatic rings. The van der Waals surface area contributed by atoms with Crippen LogP contribution in [0.2, 0.25) is 0 Å². The first-order valence-corrected chi connectivity index (χ1v) is 12.8. The van der Waals surface area contributed by atoms with Crippen LogP contribution in [0.5, 0.6) is 17.2 Å². The Balaban J connectivity index is 1.70. The summed E-state index contributed by atoms with van der Waals surface area (Å²) in [6, 6.07) is 15.2. The summed E-state index contributed by atoms with van der Waals surface area (Å²) in [7, 11) is 0. The molecular formula is C31H29FN2O6. The second-order valence-corrected chi connectivity index (χ2v) is 8.70. The number of anilines is 1. The van der Waals surface area contributed by atoms with Gasteiger partial charge in [0.15, 0.2) is 11.5 Å². The van der Waals surface area contributed by atoms with Gasteiger partial charge in [-0.1, -0.05) is 24.3 Å². The van der Waals surface area contributed by atoms with Crippen molar-refractivity contribution in [3.8, 4) is 17.2 Å².